The van der Waals surface area contributed by atoms with E-state index in [0.29, 0.717) is 12.3 Å². The zero-order valence-corrected chi connectivity index (χ0v) is 9.76. The number of hydrogen-bond acceptors (Lipinski definition) is 5. The van der Waals surface area contributed by atoms with Gasteiger partial charge in [0.2, 0.25) is 5.84 Å². The predicted molar refractivity (Wildman–Crippen MR) is 58.0 cm³/mol. The van der Waals surface area contributed by atoms with Crippen molar-refractivity contribution in [1.29, 1.82) is 0 Å². The van der Waals surface area contributed by atoms with Gasteiger partial charge in [-0.2, -0.15) is 13.2 Å². The normalized spacial score (nSPS) is 12.7. The number of alkyl halides is 3. The summed E-state index contributed by atoms with van der Waals surface area (Å²) in [7, 11) is 0. The largest absolute Gasteiger partial charge is 0.417 e. The quantitative estimate of drug-likeness (QED) is 0.377. The Bertz CT molecular complexity index is 611. The van der Waals surface area contributed by atoms with Crippen molar-refractivity contribution in [3.8, 4) is 0 Å². The van der Waals surface area contributed by atoms with Crippen LogP contribution in [0.5, 0.6) is 0 Å². The summed E-state index contributed by atoms with van der Waals surface area (Å²) in [6.07, 6.45) is -1.59. The van der Waals surface area contributed by atoms with Gasteiger partial charge in [-0.15, -0.1) is 10.2 Å². The van der Waals surface area contributed by atoms with Crippen molar-refractivity contribution < 1.29 is 18.4 Å². The highest BCUT2D eigenvalue weighted by atomic mass is 35.5. The van der Waals surface area contributed by atoms with Crippen molar-refractivity contribution in [1.82, 2.24) is 19.7 Å². The van der Waals surface area contributed by atoms with Gasteiger partial charge in [0.15, 0.2) is 0 Å². The van der Waals surface area contributed by atoms with Crippen LogP contribution in [0.3, 0.4) is 0 Å². The third-order valence-corrected chi connectivity index (χ3v) is 2.43. The van der Waals surface area contributed by atoms with Gasteiger partial charge >= 0.3 is 6.18 Å². The summed E-state index contributed by atoms with van der Waals surface area (Å²) >= 11 is 5.72. The Hall–Kier alpha value is -2.16. The first kappa shape index (κ1) is 13.3. The summed E-state index contributed by atoms with van der Waals surface area (Å²) in [5.74, 6) is -0.191. The molecule has 100 valence electrons. The van der Waals surface area contributed by atoms with Crippen LogP contribution in [0.4, 0.5) is 13.2 Å². The highest BCUT2D eigenvalue weighted by molar-refractivity contribution is 6.33. The number of pyridine rings is 1. The second kappa shape index (κ2) is 4.84. The van der Waals surface area contributed by atoms with Gasteiger partial charge in [0, 0.05) is 6.20 Å². The lowest BCUT2D eigenvalue weighted by Crippen LogP contribution is -2.16. The Morgan fingerprint density at radius 1 is 1.32 bits per heavy atom. The van der Waals surface area contributed by atoms with Crippen LogP contribution in [0.25, 0.3) is 0 Å². The molecule has 0 radical (unpaired) electrons. The average molecular weight is 292 g/mol. The van der Waals surface area contributed by atoms with E-state index in [-0.39, 0.29) is 16.6 Å². The summed E-state index contributed by atoms with van der Waals surface area (Å²) in [4.78, 5) is 3.55. The van der Waals surface area contributed by atoms with Crippen LogP contribution < -0.4 is 0 Å². The van der Waals surface area contributed by atoms with Crippen molar-refractivity contribution in [2.45, 2.75) is 6.18 Å². The number of oxime groups is 1. The van der Waals surface area contributed by atoms with E-state index in [9.17, 15) is 13.2 Å². The molecule has 6 nitrogen and oxygen atoms in total. The molecule has 0 aliphatic carbocycles. The number of nitrogens with zero attached hydrogens (tertiary/aromatic N) is 5. The molecular weight excluding hydrogens is 287 g/mol. The van der Waals surface area contributed by atoms with Crippen molar-refractivity contribution in [3.63, 3.8) is 0 Å². The first-order chi connectivity index (χ1) is 8.93. The molecule has 0 aliphatic heterocycles. The van der Waals surface area contributed by atoms with Crippen LogP contribution in [0.15, 0.2) is 30.1 Å². The lowest BCUT2D eigenvalue weighted by Gasteiger charge is -2.09. The molecule has 0 unspecified atom stereocenters. The third kappa shape index (κ3) is 2.65. The van der Waals surface area contributed by atoms with Gasteiger partial charge in [-0.05, 0) is 6.07 Å². The molecule has 1 N–H and O–H groups in total. The molecule has 0 bridgehead atoms. The van der Waals surface area contributed by atoms with E-state index in [1.165, 1.54) is 12.7 Å². The van der Waals surface area contributed by atoms with Gasteiger partial charge in [-0.3, -0.25) is 9.55 Å². The van der Waals surface area contributed by atoms with Crippen LogP contribution in [-0.2, 0) is 6.18 Å². The summed E-state index contributed by atoms with van der Waals surface area (Å²) in [5, 5.41) is 18.5. The van der Waals surface area contributed by atoms with Crippen LogP contribution in [-0.4, -0.2) is 30.8 Å². The first-order valence-electron chi connectivity index (χ1n) is 4.73. The van der Waals surface area contributed by atoms with E-state index in [1.54, 1.807) is 0 Å². The maximum atomic E-state index is 12.5. The Kier molecular flexibility index (Phi) is 3.38. The van der Waals surface area contributed by atoms with Gasteiger partial charge in [0.25, 0.3) is 0 Å². The van der Waals surface area contributed by atoms with Crippen LogP contribution >= 0.6 is 11.6 Å². The molecule has 2 aromatic rings. The Balaban J connectivity index is 2.47. The zero-order valence-electron chi connectivity index (χ0n) is 9.00. The van der Waals surface area contributed by atoms with Crippen molar-refractivity contribution >= 4 is 17.4 Å². The van der Waals surface area contributed by atoms with Crippen molar-refractivity contribution in [3.05, 3.63) is 41.2 Å². The van der Waals surface area contributed by atoms with Gasteiger partial charge in [0.1, 0.15) is 18.3 Å². The third-order valence-electron chi connectivity index (χ3n) is 2.14. The van der Waals surface area contributed by atoms with Crippen LogP contribution in [0.1, 0.15) is 11.3 Å². The Morgan fingerprint density at radius 2 is 1.95 bits per heavy atom. The molecule has 0 aromatic carbocycles. The second-order valence-corrected chi connectivity index (χ2v) is 3.75. The van der Waals surface area contributed by atoms with E-state index in [2.05, 4.69) is 20.3 Å². The fourth-order valence-electron chi connectivity index (χ4n) is 1.29. The fraction of sp³-hybridized carbons (Fsp3) is 0.111. The maximum Gasteiger partial charge on any atom is 0.417 e. The van der Waals surface area contributed by atoms with Crippen LogP contribution in [0.2, 0.25) is 5.02 Å². The lowest BCUT2D eigenvalue weighted by atomic mass is 10.2. The molecule has 0 amide bonds. The SMILES string of the molecule is O/N=C(\c1ncc(C(F)(F)F)cc1Cl)n1cnnc1. The molecule has 0 spiro atoms. The van der Waals surface area contributed by atoms with Crippen molar-refractivity contribution in [2.75, 3.05) is 0 Å². The molecule has 0 saturated heterocycles. The van der Waals surface area contributed by atoms with Crippen LogP contribution in [0, 0.1) is 0 Å². The molecule has 2 heterocycles. The number of aromatic nitrogens is 4. The van der Waals surface area contributed by atoms with Gasteiger partial charge in [-0.25, -0.2) is 0 Å². The van der Waals surface area contributed by atoms with Gasteiger partial charge < -0.3 is 5.21 Å². The fourth-order valence-corrected chi connectivity index (χ4v) is 1.54. The van der Waals surface area contributed by atoms with Gasteiger partial charge in [-0.1, -0.05) is 16.8 Å². The number of rotatable bonds is 1. The number of halogens is 4. The summed E-state index contributed by atoms with van der Waals surface area (Å²) in [6, 6.07) is 0.694. The molecular formula is C9H5ClF3N5O. The highest BCUT2D eigenvalue weighted by Crippen LogP contribution is 2.31. The standard InChI is InChI=1S/C9H5ClF3N5O/c10-6-1-5(9(11,12)13)2-14-7(6)8(17-19)18-3-15-16-4-18/h1-4,19H/b17-8+. The molecule has 0 aliphatic rings. The van der Waals surface area contributed by atoms with E-state index in [1.807, 2.05) is 0 Å². The van der Waals surface area contributed by atoms with E-state index >= 15 is 0 Å². The second-order valence-electron chi connectivity index (χ2n) is 3.34. The monoisotopic (exact) mass is 291 g/mol. The molecule has 2 aromatic heterocycles. The first-order valence-corrected chi connectivity index (χ1v) is 5.11. The molecule has 0 saturated carbocycles. The minimum atomic E-state index is -4.55. The highest BCUT2D eigenvalue weighted by Gasteiger charge is 2.32. The average Bonchev–Trinajstić information content (AvgIpc) is 2.84. The minimum Gasteiger partial charge on any atom is -0.409 e. The minimum absolute atomic E-state index is 0.128. The van der Waals surface area contributed by atoms with E-state index in [0.717, 1.165) is 4.57 Å². The van der Waals surface area contributed by atoms with E-state index < -0.39 is 11.7 Å². The predicted octanol–water partition coefficient (Wildman–Crippen LogP) is 2.03. The summed E-state index contributed by atoms with van der Waals surface area (Å²) in [5.41, 5.74) is -1.13. The number of hydrogen-bond donors (Lipinski definition) is 1. The molecule has 0 fully saturated rings. The van der Waals surface area contributed by atoms with E-state index in [4.69, 9.17) is 16.8 Å². The molecule has 19 heavy (non-hydrogen) atoms. The van der Waals surface area contributed by atoms with Crippen molar-refractivity contribution in [2.24, 2.45) is 5.16 Å². The summed E-state index contributed by atoms with van der Waals surface area (Å²) in [6.45, 7) is 0. The maximum absolute atomic E-state index is 12.5. The zero-order chi connectivity index (χ0) is 14.0. The van der Waals surface area contributed by atoms with Gasteiger partial charge in [0.05, 0.1) is 10.6 Å². The molecule has 2 rings (SSSR count). The Labute approximate surface area is 109 Å². The topological polar surface area (TPSA) is 76.2 Å². The lowest BCUT2D eigenvalue weighted by molar-refractivity contribution is -0.137. The molecule has 0 atom stereocenters. The molecule has 10 heteroatoms. The summed E-state index contributed by atoms with van der Waals surface area (Å²) < 4.78 is 38.5. The Morgan fingerprint density at radius 3 is 2.42 bits per heavy atom. The smallest absolute Gasteiger partial charge is 0.409 e.